The number of hydrogen-bond donors (Lipinski definition) is 0. The van der Waals surface area contributed by atoms with Crippen molar-refractivity contribution in [3.8, 4) is 6.07 Å². The Morgan fingerprint density at radius 3 is 2.71 bits per heavy atom. The van der Waals surface area contributed by atoms with Crippen LogP contribution in [0, 0.1) is 17.1 Å². The van der Waals surface area contributed by atoms with Crippen molar-refractivity contribution in [3.05, 3.63) is 28.3 Å². The zero-order chi connectivity index (χ0) is 10.7. The van der Waals surface area contributed by atoms with Crippen LogP contribution in [0.15, 0.2) is 6.07 Å². The predicted octanol–water partition coefficient (Wildman–Crippen LogP) is 2.88. The number of pyridine rings is 1. The molecule has 6 heteroatoms. The standard InChI is InChI=1S/C8H4ClF3N2/c9-6-5(10)3-4(1-2-13)14-7(6)8(11)12/h3,8H,1H2. The third kappa shape index (κ3) is 2.15. The Labute approximate surface area is 82.9 Å². The average Bonchev–Trinajstić information content (AvgIpc) is 2.11. The lowest BCUT2D eigenvalue weighted by atomic mass is 10.2. The van der Waals surface area contributed by atoms with E-state index in [1.807, 2.05) is 0 Å². The van der Waals surface area contributed by atoms with Crippen molar-refractivity contribution in [2.45, 2.75) is 12.8 Å². The highest BCUT2D eigenvalue weighted by Gasteiger charge is 2.18. The summed E-state index contributed by atoms with van der Waals surface area (Å²) in [5.74, 6) is -0.984. The van der Waals surface area contributed by atoms with E-state index in [1.165, 1.54) is 0 Å². The van der Waals surface area contributed by atoms with Gasteiger partial charge in [-0.25, -0.2) is 18.2 Å². The fourth-order valence-corrected chi connectivity index (χ4v) is 1.06. The molecular weight excluding hydrogens is 217 g/mol. The molecule has 0 aliphatic heterocycles. The molecule has 2 nitrogen and oxygen atoms in total. The lowest BCUT2D eigenvalue weighted by molar-refractivity contribution is 0.145. The second-order valence-electron chi connectivity index (χ2n) is 2.43. The number of nitrogens with zero attached hydrogens (tertiary/aromatic N) is 2. The van der Waals surface area contributed by atoms with Crippen LogP contribution in [0.1, 0.15) is 17.8 Å². The topological polar surface area (TPSA) is 36.7 Å². The Balaban J connectivity index is 3.22. The van der Waals surface area contributed by atoms with Crippen molar-refractivity contribution in [2.24, 2.45) is 0 Å². The van der Waals surface area contributed by atoms with E-state index in [0.717, 1.165) is 6.07 Å². The van der Waals surface area contributed by atoms with Gasteiger partial charge in [-0.2, -0.15) is 5.26 Å². The van der Waals surface area contributed by atoms with E-state index in [9.17, 15) is 13.2 Å². The Kier molecular flexibility index (Phi) is 3.31. The van der Waals surface area contributed by atoms with Crippen LogP contribution in [-0.2, 0) is 6.42 Å². The van der Waals surface area contributed by atoms with E-state index in [2.05, 4.69) is 4.98 Å². The van der Waals surface area contributed by atoms with Gasteiger partial charge >= 0.3 is 0 Å². The van der Waals surface area contributed by atoms with Crippen LogP contribution in [0.25, 0.3) is 0 Å². The van der Waals surface area contributed by atoms with E-state index >= 15 is 0 Å². The highest BCUT2D eigenvalue weighted by molar-refractivity contribution is 6.31. The van der Waals surface area contributed by atoms with E-state index < -0.39 is 23.0 Å². The first kappa shape index (κ1) is 10.8. The van der Waals surface area contributed by atoms with E-state index in [-0.39, 0.29) is 12.1 Å². The maximum Gasteiger partial charge on any atom is 0.281 e. The molecule has 1 rings (SSSR count). The number of hydrogen-bond acceptors (Lipinski definition) is 2. The normalized spacial score (nSPS) is 10.3. The summed E-state index contributed by atoms with van der Waals surface area (Å²) in [4.78, 5) is 3.38. The van der Waals surface area contributed by atoms with Gasteiger partial charge in [0, 0.05) is 0 Å². The summed E-state index contributed by atoms with van der Waals surface area (Å²) in [6, 6.07) is 2.55. The zero-order valence-electron chi connectivity index (χ0n) is 6.77. The summed E-state index contributed by atoms with van der Waals surface area (Å²) < 4.78 is 37.4. The molecule has 14 heavy (non-hydrogen) atoms. The van der Waals surface area contributed by atoms with Crippen molar-refractivity contribution in [3.63, 3.8) is 0 Å². The molecule has 0 radical (unpaired) electrons. The van der Waals surface area contributed by atoms with Crippen molar-refractivity contribution in [2.75, 3.05) is 0 Å². The molecular formula is C8H4ClF3N2. The van der Waals surface area contributed by atoms with Gasteiger partial charge in [-0.15, -0.1) is 0 Å². The maximum absolute atomic E-state index is 12.9. The second-order valence-corrected chi connectivity index (χ2v) is 2.81. The average molecular weight is 221 g/mol. The van der Waals surface area contributed by atoms with Crippen LogP contribution in [-0.4, -0.2) is 4.98 Å². The van der Waals surface area contributed by atoms with Crippen LogP contribution in [0.5, 0.6) is 0 Å². The summed E-state index contributed by atoms with van der Waals surface area (Å²) in [5, 5.41) is 7.58. The van der Waals surface area contributed by atoms with Crippen molar-refractivity contribution >= 4 is 11.6 Å². The molecule has 74 valence electrons. The van der Waals surface area contributed by atoms with Gasteiger partial charge in [-0.3, -0.25) is 0 Å². The minimum atomic E-state index is -2.95. The smallest absolute Gasteiger partial charge is 0.249 e. The van der Waals surface area contributed by atoms with Gasteiger partial charge in [-0.05, 0) is 6.07 Å². The molecule has 0 N–H and O–H groups in total. The highest BCUT2D eigenvalue weighted by atomic mass is 35.5. The maximum atomic E-state index is 12.9. The molecule has 1 aromatic rings. The highest BCUT2D eigenvalue weighted by Crippen LogP contribution is 2.27. The van der Waals surface area contributed by atoms with Crippen molar-refractivity contribution in [1.82, 2.24) is 4.98 Å². The third-order valence-corrected chi connectivity index (χ3v) is 1.83. The minimum absolute atomic E-state index is 0.0512. The Morgan fingerprint density at radius 2 is 2.21 bits per heavy atom. The molecule has 0 atom stereocenters. The van der Waals surface area contributed by atoms with Crippen LogP contribution >= 0.6 is 11.6 Å². The zero-order valence-corrected chi connectivity index (χ0v) is 7.52. The third-order valence-electron chi connectivity index (χ3n) is 1.46. The van der Waals surface area contributed by atoms with E-state index in [4.69, 9.17) is 16.9 Å². The second kappa shape index (κ2) is 4.29. The van der Waals surface area contributed by atoms with Crippen LogP contribution in [0.3, 0.4) is 0 Å². The van der Waals surface area contributed by atoms with Gasteiger partial charge in [0.05, 0.1) is 18.2 Å². The number of halogens is 4. The van der Waals surface area contributed by atoms with Crippen molar-refractivity contribution in [1.29, 1.82) is 5.26 Å². The van der Waals surface area contributed by atoms with Crippen LogP contribution in [0.2, 0.25) is 5.02 Å². The summed E-state index contributed by atoms with van der Waals surface area (Å²) in [6.07, 6.45) is -3.18. The predicted molar refractivity (Wildman–Crippen MR) is 43.5 cm³/mol. The lowest BCUT2D eigenvalue weighted by Crippen LogP contribution is -1.99. The van der Waals surface area contributed by atoms with Crippen LogP contribution in [0.4, 0.5) is 13.2 Å². The molecule has 0 aliphatic carbocycles. The Morgan fingerprint density at radius 1 is 1.57 bits per heavy atom. The molecule has 1 aromatic heterocycles. The van der Waals surface area contributed by atoms with Gasteiger partial charge in [0.2, 0.25) is 0 Å². The minimum Gasteiger partial charge on any atom is -0.249 e. The summed E-state index contributed by atoms with van der Waals surface area (Å²) in [7, 11) is 0. The van der Waals surface area contributed by atoms with Gasteiger partial charge in [0.1, 0.15) is 16.5 Å². The fourth-order valence-electron chi connectivity index (χ4n) is 0.884. The lowest BCUT2D eigenvalue weighted by Gasteiger charge is -2.04. The summed E-state index contributed by atoms with van der Waals surface area (Å²) in [5.41, 5.74) is -0.874. The molecule has 1 heterocycles. The molecule has 0 amide bonds. The number of nitriles is 1. The molecule has 0 saturated carbocycles. The fraction of sp³-hybridized carbons (Fsp3) is 0.250. The first-order valence-corrected chi connectivity index (χ1v) is 3.94. The first-order chi connectivity index (χ1) is 6.56. The first-order valence-electron chi connectivity index (χ1n) is 3.56. The Bertz CT molecular complexity index is 387. The monoisotopic (exact) mass is 220 g/mol. The van der Waals surface area contributed by atoms with Gasteiger partial charge in [0.15, 0.2) is 0 Å². The molecule has 0 aliphatic rings. The van der Waals surface area contributed by atoms with Gasteiger partial charge in [-0.1, -0.05) is 11.6 Å². The molecule has 0 unspecified atom stereocenters. The number of rotatable bonds is 2. The Hall–Kier alpha value is -1.28. The summed E-state index contributed by atoms with van der Waals surface area (Å²) in [6.45, 7) is 0. The number of aromatic nitrogens is 1. The quantitative estimate of drug-likeness (QED) is 0.768. The molecule has 0 fully saturated rings. The largest absolute Gasteiger partial charge is 0.281 e. The summed E-state index contributed by atoms with van der Waals surface area (Å²) >= 11 is 5.26. The SMILES string of the molecule is N#CCc1cc(F)c(Cl)c(C(F)F)n1. The van der Waals surface area contributed by atoms with Gasteiger partial charge in [0.25, 0.3) is 6.43 Å². The van der Waals surface area contributed by atoms with Crippen LogP contribution < -0.4 is 0 Å². The molecule has 0 spiro atoms. The number of alkyl halides is 2. The molecule has 0 saturated heterocycles. The molecule has 0 aromatic carbocycles. The van der Waals surface area contributed by atoms with E-state index in [1.54, 1.807) is 6.07 Å². The van der Waals surface area contributed by atoms with Gasteiger partial charge < -0.3 is 0 Å². The van der Waals surface area contributed by atoms with Crippen molar-refractivity contribution < 1.29 is 13.2 Å². The van der Waals surface area contributed by atoms with E-state index in [0.29, 0.717) is 0 Å². The molecule has 0 bridgehead atoms.